The van der Waals surface area contributed by atoms with Crippen molar-refractivity contribution in [2.45, 2.75) is 53.0 Å². The van der Waals surface area contributed by atoms with Gasteiger partial charge in [0.2, 0.25) is 0 Å². The molecule has 2 rings (SSSR count). The highest BCUT2D eigenvalue weighted by Crippen LogP contribution is 2.39. The molecule has 0 aromatic heterocycles. The minimum Gasteiger partial charge on any atom is -0.310 e. The van der Waals surface area contributed by atoms with Crippen molar-refractivity contribution in [2.24, 2.45) is 17.8 Å². The fourth-order valence-electron chi connectivity index (χ4n) is 3.44. The van der Waals surface area contributed by atoms with Crippen LogP contribution in [0.25, 0.3) is 0 Å². The van der Waals surface area contributed by atoms with Crippen LogP contribution in [0, 0.1) is 24.7 Å². The van der Waals surface area contributed by atoms with E-state index in [2.05, 4.69) is 57.3 Å². The Morgan fingerprint density at radius 2 is 1.79 bits per heavy atom. The smallest absolute Gasteiger partial charge is 0.0348 e. The Bertz CT molecular complexity index is 381. The normalized spacial score (nSPS) is 29.2. The van der Waals surface area contributed by atoms with Crippen molar-refractivity contribution >= 4 is 0 Å². The molecule has 106 valence electrons. The Balaban J connectivity index is 2.13. The summed E-state index contributed by atoms with van der Waals surface area (Å²) < 4.78 is 0. The molecule has 1 nitrogen and oxygen atoms in total. The van der Waals surface area contributed by atoms with Crippen LogP contribution in [0.15, 0.2) is 24.3 Å². The summed E-state index contributed by atoms with van der Waals surface area (Å²) in [6, 6.07) is 9.65. The van der Waals surface area contributed by atoms with E-state index in [9.17, 15) is 0 Å². The van der Waals surface area contributed by atoms with Crippen molar-refractivity contribution in [3.8, 4) is 0 Å². The van der Waals surface area contributed by atoms with E-state index in [0.717, 1.165) is 24.3 Å². The zero-order valence-electron chi connectivity index (χ0n) is 12.9. The van der Waals surface area contributed by atoms with Crippen molar-refractivity contribution < 1.29 is 0 Å². The van der Waals surface area contributed by atoms with Crippen molar-refractivity contribution in [3.05, 3.63) is 35.4 Å². The lowest BCUT2D eigenvalue weighted by Gasteiger charge is -2.37. The second-order valence-corrected chi connectivity index (χ2v) is 6.47. The number of hydrogen-bond donors (Lipinski definition) is 1. The van der Waals surface area contributed by atoms with Gasteiger partial charge < -0.3 is 5.32 Å². The first-order chi connectivity index (χ1) is 9.11. The SMILES string of the molecule is CCNC(c1ccc(C)cc1)C1CCC(C)C(C)C1. The minimum atomic E-state index is 0.542. The van der Waals surface area contributed by atoms with Gasteiger partial charge in [0.05, 0.1) is 0 Å². The molecule has 1 saturated carbocycles. The van der Waals surface area contributed by atoms with Crippen LogP contribution in [-0.2, 0) is 0 Å². The Morgan fingerprint density at radius 3 is 2.37 bits per heavy atom. The average molecular weight is 259 g/mol. The molecule has 0 bridgehead atoms. The predicted octanol–water partition coefficient (Wildman–Crippen LogP) is 4.72. The second kappa shape index (κ2) is 6.56. The van der Waals surface area contributed by atoms with Gasteiger partial charge in [0.25, 0.3) is 0 Å². The number of nitrogens with one attached hydrogen (secondary N) is 1. The highest BCUT2D eigenvalue weighted by molar-refractivity contribution is 5.24. The Morgan fingerprint density at radius 1 is 1.11 bits per heavy atom. The van der Waals surface area contributed by atoms with Gasteiger partial charge >= 0.3 is 0 Å². The number of rotatable bonds is 4. The molecule has 1 fully saturated rings. The lowest BCUT2D eigenvalue weighted by molar-refractivity contribution is 0.172. The Kier molecular flexibility index (Phi) is 5.04. The first-order valence-corrected chi connectivity index (χ1v) is 7.91. The van der Waals surface area contributed by atoms with E-state index in [1.54, 1.807) is 0 Å². The number of hydrogen-bond acceptors (Lipinski definition) is 1. The molecule has 1 aromatic rings. The highest BCUT2D eigenvalue weighted by atomic mass is 14.9. The molecule has 1 aliphatic rings. The zero-order chi connectivity index (χ0) is 13.8. The summed E-state index contributed by atoms with van der Waals surface area (Å²) in [4.78, 5) is 0. The minimum absolute atomic E-state index is 0.542. The van der Waals surface area contributed by atoms with Crippen LogP contribution in [-0.4, -0.2) is 6.54 Å². The first-order valence-electron chi connectivity index (χ1n) is 7.91. The molecule has 0 amide bonds. The standard InChI is InChI=1S/C18H29N/c1-5-19-18(16-9-6-13(2)7-10-16)17-11-8-14(3)15(4)12-17/h6-7,9-10,14-15,17-19H,5,8,11-12H2,1-4H3. The molecule has 4 atom stereocenters. The van der Waals surface area contributed by atoms with Gasteiger partial charge in [-0.25, -0.2) is 0 Å². The summed E-state index contributed by atoms with van der Waals surface area (Å²) in [7, 11) is 0. The number of benzene rings is 1. The molecule has 0 aliphatic heterocycles. The molecule has 1 aromatic carbocycles. The maximum Gasteiger partial charge on any atom is 0.0348 e. The van der Waals surface area contributed by atoms with E-state index >= 15 is 0 Å². The summed E-state index contributed by atoms with van der Waals surface area (Å²) in [5, 5.41) is 3.72. The molecule has 1 N–H and O–H groups in total. The largest absolute Gasteiger partial charge is 0.310 e. The van der Waals surface area contributed by atoms with E-state index in [-0.39, 0.29) is 0 Å². The topological polar surface area (TPSA) is 12.0 Å². The molecule has 19 heavy (non-hydrogen) atoms. The van der Waals surface area contributed by atoms with Crippen LogP contribution in [0.2, 0.25) is 0 Å². The Labute approximate surface area is 118 Å². The fourth-order valence-corrected chi connectivity index (χ4v) is 3.44. The van der Waals surface area contributed by atoms with Gasteiger partial charge in [-0.05, 0) is 49.6 Å². The Hall–Kier alpha value is -0.820. The van der Waals surface area contributed by atoms with Crippen molar-refractivity contribution in [1.82, 2.24) is 5.32 Å². The predicted molar refractivity (Wildman–Crippen MR) is 83.3 cm³/mol. The van der Waals surface area contributed by atoms with E-state index in [1.807, 2.05) is 0 Å². The molecule has 1 heteroatoms. The van der Waals surface area contributed by atoms with Crippen LogP contribution in [0.3, 0.4) is 0 Å². The molecule has 0 spiro atoms. The molecular formula is C18H29N. The quantitative estimate of drug-likeness (QED) is 0.825. The van der Waals surface area contributed by atoms with Crippen LogP contribution < -0.4 is 5.32 Å². The van der Waals surface area contributed by atoms with Crippen LogP contribution in [0.4, 0.5) is 0 Å². The van der Waals surface area contributed by atoms with Crippen LogP contribution in [0.5, 0.6) is 0 Å². The van der Waals surface area contributed by atoms with E-state index in [1.165, 1.54) is 30.4 Å². The zero-order valence-corrected chi connectivity index (χ0v) is 12.9. The third kappa shape index (κ3) is 3.60. The molecule has 4 unspecified atom stereocenters. The van der Waals surface area contributed by atoms with Gasteiger partial charge in [-0.2, -0.15) is 0 Å². The maximum absolute atomic E-state index is 3.72. The van der Waals surface area contributed by atoms with Gasteiger partial charge in [-0.1, -0.05) is 57.0 Å². The van der Waals surface area contributed by atoms with Gasteiger partial charge in [-0.3, -0.25) is 0 Å². The van der Waals surface area contributed by atoms with E-state index in [4.69, 9.17) is 0 Å². The first kappa shape index (κ1) is 14.6. The third-order valence-corrected chi connectivity index (χ3v) is 4.97. The van der Waals surface area contributed by atoms with Gasteiger partial charge in [0, 0.05) is 6.04 Å². The van der Waals surface area contributed by atoms with Crippen LogP contribution >= 0.6 is 0 Å². The molecular weight excluding hydrogens is 230 g/mol. The third-order valence-electron chi connectivity index (χ3n) is 4.97. The van der Waals surface area contributed by atoms with Crippen LogP contribution in [0.1, 0.15) is 57.2 Å². The molecule has 0 heterocycles. The van der Waals surface area contributed by atoms with Crippen molar-refractivity contribution in [3.63, 3.8) is 0 Å². The van der Waals surface area contributed by atoms with Gasteiger partial charge in [0.1, 0.15) is 0 Å². The summed E-state index contributed by atoms with van der Waals surface area (Å²) in [6.07, 6.45) is 4.13. The maximum atomic E-state index is 3.72. The second-order valence-electron chi connectivity index (χ2n) is 6.47. The summed E-state index contributed by atoms with van der Waals surface area (Å²) in [5.74, 6) is 2.57. The summed E-state index contributed by atoms with van der Waals surface area (Å²) >= 11 is 0. The lowest BCUT2D eigenvalue weighted by Crippen LogP contribution is -2.33. The monoisotopic (exact) mass is 259 g/mol. The fraction of sp³-hybridized carbons (Fsp3) is 0.667. The highest BCUT2D eigenvalue weighted by Gasteiger charge is 2.30. The van der Waals surface area contributed by atoms with Gasteiger partial charge in [-0.15, -0.1) is 0 Å². The summed E-state index contributed by atoms with van der Waals surface area (Å²) in [5.41, 5.74) is 2.82. The molecule has 0 saturated heterocycles. The molecule has 1 aliphatic carbocycles. The van der Waals surface area contributed by atoms with Crippen molar-refractivity contribution in [2.75, 3.05) is 6.54 Å². The van der Waals surface area contributed by atoms with Gasteiger partial charge in [0.15, 0.2) is 0 Å². The van der Waals surface area contributed by atoms with E-state index in [0.29, 0.717) is 6.04 Å². The van der Waals surface area contributed by atoms with E-state index < -0.39 is 0 Å². The molecule has 0 radical (unpaired) electrons. The number of aryl methyl sites for hydroxylation is 1. The summed E-state index contributed by atoms with van der Waals surface area (Å²) in [6.45, 7) is 10.3. The van der Waals surface area contributed by atoms with Crippen molar-refractivity contribution in [1.29, 1.82) is 0 Å². The average Bonchev–Trinajstić information content (AvgIpc) is 2.41. The lowest BCUT2D eigenvalue weighted by atomic mass is 9.72.